The normalized spacial score (nSPS) is 10.8. The quantitative estimate of drug-likeness (QED) is 0.415. The number of hydrogen-bond donors (Lipinski definition) is 2. The molecule has 54 valence electrons. The fourth-order valence-corrected chi connectivity index (χ4v) is 2.02. The van der Waals surface area contributed by atoms with Crippen LogP contribution in [0.4, 0.5) is 0 Å². The molecule has 9 heavy (non-hydrogen) atoms. The van der Waals surface area contributed by atoms with E-state index in [0.29, 0.717) is 0 Å². The van der Waals surface area contributed by atoms with E-state index in [9.17, 15) is 0 Å². The minimum atomic E-state index is 0.0483. The van der Waals surface area contributed by atoms with Crippen molar-refractivity contribution in [2.24, 2.45) is 11.5 Å². The van der Waals surface area contributed by atoms with Crippen LogP contribution in [0, 0.1) is 0 Å². The van der Waals surface area contributed by atoms with E-state index in [1.54, 1.807) is 0 Å². The first-order valence-corrected chi connectivity index (χ1v) is 5.40. The average molecular weight is 144 g/mol. The smallest absolute Gasteiger partial charge is 0.0266 e. The molecular formula is C6H16N2Si. The van der Waals surface area contributed by atoms with Gasteiger partial charge in [-0.05, 0) is 24.7 Å². The Labute approximate surface area is 59.1 Å². The van der Waals surface area contributed by atoms with E-state index in [1.165, 1.54) is 12.5 Å². The van der Waals surface area contributed by atoms with Crippen LogP contribution in [0.5, 0.6) is 0 Å². The molecule has 2 nitrogen and oxygen atoms in total. The highest BCUT2D eigenvalue weighted by atomic mass is 28.2. The highest BCUT2D eigenvalue weighted by Crippen LogP contribution is 1.93. The van der Waals surface area contributed by atoms with Crippen LogP contribution >= 0.6 is 0 Å². The predicted octanol–water partition coefficient (Wildman–Crippen LogP) is -0.187. The van der Waals surface area contributed by atoms with Crippen LogP contribution in [0.1, 0.15) is 6.42 Å². The van der Waals surface area contributed by atoms with Crippen LogP contribution < -0.4 is 11.5 Å². The van der Waals surface area contributed by atoms with Crippen LogP contribution in [0.25, 0.3) is 0 Å². The summed E-state index contributed by atoms with van der Waals surface area (Å²) in [4.78, 5) is 0. The standard InChI is InChI=1S/C6H16N2Si/c1-6(8)5-9-4-2-3-7/h1-5,7-9H2. The zero-order chi connectivity index (χ0) is 7.11. The SMILES string of the molecule is C=C(N)C[SiH2]CCCN. The molecule has 0 bridgehead atoms. The summed E-state index contributed by atoms with van der Waals surface area (Å²) in [5.74, 6) is 0. The van der Waals surface area contributed by atoms with Crippen LogP contribution in [0.3, 0.4) is 0 Å². The molecule has 4 N–H and O–H groups in total. The molecule has 0 fully saturated rings. The highest BCUT2D eigenvalue weighted by Gasteiger charge is 1.88. The van der Waals surface area contributed by atoms with E-state index >= 15 is 0 Å². The van der Waals surface area contributed by atoms with Crippen molar-refractivity contribution < 1.29 is 0 Å². The fourth-order valence-electron chi connectivity index (χ4n) is 0.673. The molecular weight excluding hydrogens is 128 g/mol. The second-order valence-electron chi connectivity index (χ2n) is 2.26. The third kappa shape index (κ3) is 7.72. The molecule has 0 heterocycles. The lowest BCUT2D eigenvalue weighted by Crippen LogP contribution is -2.03. The predicted molar refractivity (Wildman–Crippen MR) is 45.2 cm³/mol. The molecule has 0 aromatic carbocycles. The Kier molecular flexibility index (Phi) is 5.66. The molecule has 0 unspecified atom stereocenters. The summed E-state index contributed by atoms with van der Waals surface area (Å²) in [5, 5.41) is 0. The van der Waals surface area contributed by atoms with Crippen molar-refractivity contribution in [2.75, 3.05) is 6.54 Å². The van der Waals surface area contributed by atoms with Crippen LogP contribution in [-0.4, -0.2) is 16.1 Å². The number of hydrogen-bond acceptors (Lipinski definition) is 2. The topological polar surface area (TPSA) is 52.0 Å². The van der Waals surface area contributed by atoms with Gasteiger partial charge >= 0.3 is 0 Å². The Bertz CT molecular complexity index is 83.1. The highest BCUT2D eigenvalue weighted by molar-refractivity contribution is 6.36. The van der Waals surface area contributed by atoms with Gasteiger partial charge < -0.3 is 11.5 Å². The zero-order valence-electron chi connectivity index (χ0n) is 5.90. The van der Waals surface area contributed by atoms with Gasteiger partial charge in [-0.2, -0.15) is 0 Å². The summed E-state index contributed by atoms with van der Waals surface area (Å²) in [6.45, 7) is 4.46. The molecule has 0 spiro atoms. The Morgan fingerprint density at radius 3 is 2.67 bits per heavy atom. The lowest BCUT2D eigenvalue weighted by Gasteiger charge is -1.96. The Morgan fingerprint density at radius 1 is 1.56 bits per heavy atom. The first-order valence-electron chi connectivity index (χ1n) is 3.40. The molecule has 0 amide bonds. The summed E-state index contributed by atoms with van der Waals surface area (Å²) in [6, 6.07) is 2.40. The molecule has 0 aromatic heterocycles. The Balaban J connectivity index is 2.83. The van der Waals surface area contributed by atoms with Gasteiger partial charge in [0.2, 0.25) is 0 Å². The van der Waals surface area contributed by atoms with E-state index in [1.807, 2.05) is 0 Å². The first-order chi connectivity index (χ1) is 4.27. The van der Waals surface area contributed by atoms with Crippen molar-refractivity contribution in [2.45, 2.75) is 18.5 Å². The molecule has 0 atom stereocenters. The van der Waals surface area contributed by atoms with Gasteiger partial charge in [0.05, 0.1) is 0 Å². The fraction of sp³-hybridized carbons (Fsp3) is 0.667. The minimum Gasteiger partial charge on any atom is -0.403 e. The first kappa shape index (κ1) is 8.72. The van der Waals surface area contributed by atoms with Crippen molar-refractivity contribution in [3.05, 3.63) is 12.3 Å². The molecule has 0 saturated heterocycles. The summed E-state index contributed by atoms with van der Waals surface area (Å²) in [6.07, 6.45) is 1.17. The van der Waals surface area contributed by atoms with E-state index in [-0.39, 0.29) is 9.52 Å². The average Bonchev–Trinajstić information content (AvgIpc) is 1.80. The van der Waals surface area contributed by atoms with Crippen molar-refractivity contribution in [3.8, 4) is 0 Å². The van der Waals surface area contributed by atoms with Crippen molar-refractivity contribution in [3.63, 3.8) is 0 Å². The molecule has 0 rings (SSSR count). The van der Waals surface area contributed by atoms with E-state index in [4.69, 9.17) is 11.5 Å². The molecule has 0 radical (unpaired) electrons. The van der Waals surface area contributed by atoms with Gasteiger partial charge in [0, 0.05) is 9.52 Å². The molecule has 3 heteroatoms. The zero-order valence-corrected chi connectivity index (χ0v) is 7.31. The summed E-state index contributed by atoms with van der Waals surface area (Å²) < 4.78 is 0. The summed E-state index contributed by atoms with van der Waals surface area (Å²) >= 11 is 0. The van der Waals surface area contributed by atoms with Gasteiger partial charge in [-0.3, -0.25) is 0 Å². The van der Waals surface area contributed by atoms with Gasteiger partial charge in [-0.25, -0.2) is 0 Å². The summed E-state index contributed by atoms with van der Waals surface area (Å²) in [7, 11) is 0.0483. The van der Waals surface area contributed by atoms with Crippen molar-refractivity contribution >= 4 is 9.52 Å². The number of rotatable bonds is 5. The maximum Gasteiger partial charge on any atom is 0.0266 e. The van der Waals surface area contributed by atoms with Crippen LogP contribution in [-0.2, 0) is 0 Å². The maximum atomic E-state index is 5.38. The molecule has 0 aliphatic heterocycles. The third-order valence-corrected chi connectivity index (χ3v) is 3.20. The molecule has 0 aromatic rings. The molecule has 0 aliphatic rings. The van der Waals surface area contributed by atoms with Crippen molar-refractivity contribution in [1.82, 2.24) is 0 Å². The lowest BCUT2D eigenvalue weighted by molar-refractivity contribution is 0.923. The van der Waals surface area contributed by atoms with Gasteiger partial charge in [-0.15, -0.1) is 0 Å². The second kappa shape index (κ2) is 5.85. The molecule has 0 aliphatic carbocycles. The summed E-state index contributed by atoms with van der Waals surface area (Å²) in [5.41, 5.74) is 11.5. The largest absolute Gasteiger partial charge is 0.403 e. The van der Waals surface area contributed by atoms with Gasteiger partial charge in [0.1, 0.15) is 0 Å². The maximum absolute atomic E-state index is 5.38. The monoisotopic (exact) mass is 144 g/mol. The third-order valence-electron chi connectivity index (χ3n) is 1.20. The van der Waals surface area contributed by atoms with E-state index < -0.39 is 0 Å². The lowest BCUT2D eigenvalue weighted by atomic mass is 10.5. The number of allylic oxidation sites excluding steroid dienone is 1. The van der Waals surface area contributed by atoms with Gasteiger partial charge in [-0.1, -0.05) is 12.6 Å². The van der Waals surface area contributed by atoms with Gasteiger partial charge in [0.15, 0.2) is 0 Å². The Hall–Kier alpha value is -0.283. The van der Waals surface area contributed by atoms with E-state index in [2.05, 4.69) is 6.58 Å². The Morgan fingerprint density at radius 2 is 2.22 bits per heavy atom. The van der Waals surface area contributed by atoms with Gasteiger partial charge in [0.25, 0.3) is 0 Å². The van der Waals surface area contributed by atoms with Crippen LogP contribution in [0.2, 0.25) is 12.1 Å². The number of nitrogens with two attached hydrogens (primary N) is 2. The van der Waals surface area contributed by atoms with Crippen LogP contribution in [0.15, 0.2) is 12.3 Å². The molecule has 0 saturated carbocycles. The minimum absolute atomic E-state index is 0.0483. The second-order valence-corrected chi connectivity index (χ2v) is 4.17. The van der Waals surface area contributed by atoms with Crippen molar-refractivity contribution in [1.29, 1.82) is 0 Å². The van der Waals surface area contributed by atoms with E-state index in [0.717, 1.165) is 18.3 Å².